The van der Waals surface area contributed by atoms with E-state index in [1.54, 1.807) is 36.5 Å². The Labute approximate surface area is 122 Å². The van der Waals surface area contributed by atoms with E-state index in [-0.39, 0.29) is 5.91 Å². The van der Waals surface area contributed by atoms with Crippen molar-refractivity contribution in [1.29, 1.82) is 0 Å². The summed E-state index contributed by atoms with van der Waals surface area (Å²) in [6.07, 6.45) is 1.55. The Morgan fingerprint density at radius 3 is 2.67 bits per heavy atom. The molecule has 1 heterocycles. The molecule has 92 valence electrons. The van der Waals surface area contributed by atoms with Gasteiger partial charge in [0, 0.05) is 15.7 Å². The van der Waals surface area contributed by atoms with Crippen LogP contribution in [-0.2, 0) is 0 Å². The van der Waals surface area contributed by atoms with Crippen molar-refractivity contribution < 1.29 is 4.79 Å². The number of aromatic nitrogens is 1. The number of halogens is 3. The zero-order valence-corrected chi connectivity index (χ0v) is 12.1. The van der Waals surface area contributed by atoms with Crippen molar-refractivity contribution in [3.8, 4) is 0 Å². The Kier molecular flexibility index (Phi) is 4.22. The molecule has 3 nitrogen and oxygen atoms in total. The molecule has 0 spiro atoms. The summed E-state index contributed by atoms with van der Waals surface area (Å²) in [6.45, 7) is 0. The molecule has 1 amide bonds. The third-order valence-corrected chi connectivity index (χ3v) is 3.17. The molecule has 0 aliphatic heterocycles. The fourth-order valence-electron chi connectivity index (χ4n) is 1.29. The summed E-state index contributed by atoms with van der Waals surface area (Å²) >= 11 is 15.0. The summed E-state index contributed by atoms with van der Waals surface area (Å²) in [4.78, 5) is 15.9. The summed E-state index contributed by atoms with van der Waals surface area (Å²) < 4.78 is 0.805. The van der Waals surface area contributed by atoms with Crippen LogP contribution in [0.15, 0.2) is 41.0 Å². The Morgan fingerprint density at radius 2 is 2.00 bits per heavy atom. The predicted molar refractivity (Wildman–Crippen MR) is 76.4 cm³/mol. The largest absolute Gasteiger partial charge is 0.319 e. The zero-order valence-electron chi connectivity index (χ0n) is 8.95. The Hall–Kier alpha value is -1.10. The Bertz CT molecular complexity index is 587. The minimum atomic E-state index is -0.341. The number of amides is 1. The first-order valence-electron chi connectivity index (χ1n) is 4.94. The molecule has 2 rings (SSSR count). The third kappa shape index (κ3) is 3.22. The van der Waals surface area contributed by atoms with Crippen LogP contribution in [0.25, 0.3) is 0 Å². The SMILES string of the molecule is O=C(Nc1cc(Cl)ccc1Cl)c1ccc(Br)cn1. The summed E-state index contributed by atoms with van der Waals surface area (Å²) in [5.41, 5.74) is 0.758. The monoisotopic (exact) mass is 344 g/mol. The lowest BCUT2D eigenvalue weighted by atomic mass is 10.3. The third-order valence-electron chi connectivity index (χ3n) is 2.14. The lowest BCUT2D eigenvalue weighted by Gasteiger charge is -2.07. The minimum absolute atomic E-state index is 0.300. The number of nitrogens with zero attached hydrogens (tertiary/aromatic N) is 1. The maximum atomic E-state index is 11.9. The number of hydrogen-bond donors (Lipinski definition) is 1. The lowest BCUT2D eigenvalue weighted by Crippen LogP contribution is -2.13. The molecular formula is C12H7BrCl2N2O. The van der Waals surface area contributed by atoms with Crippen molar-refractivity contribution in [1.82, 2.24) is 4.98 Å². The molecule has 0 bridgehead atoms. The van der Waals surface area contributed by atoms with Gasteiger partial charge in [0.15, 0.2) is 0 Å². The van der Waals surface area contributed by atoms with Crippen LogP contribution in [0.4, 0.5) is 5.69 Å². The van der Waals surface area contributed by atoms with E-state index in [1.165, 1.54) is 0 Å². The number of rotatable bonds is 2. The standard InChI is InChI=1S/C12H7BrCl2N2O/c13-7-1-4-10(16-6-7)12(18)17-11-5-8(14)2-3-9(11)15/h1-6H,(H,17,18). The number of nitrogens with one attached hydrogen (secondary N) is 1. The van der Waals surface area contributed by atoms with Gasteiger partial charge in [-0.25, -0.2) is 4.98 Å². The highest BCUT2D eigenvalue weighted by molar-refractivity contribution is 9.10. The van der Waals surface area contributed by atoms with Crippen molar-refractivity contribution in [3.05, 3.63) is 56.7 Å². The fraction of sp³-hybridized carbons (Fsp3) is 0. The van der Waals surface area contributed by atoms with E-state index < -0.39 is 0 Å². The van der Waals surface area contributed by atoms with Crippen LogP contribution in [-0.4, -0.2) is 10.9 Å². The molecule has 1 N–H and O–H groups in total. The van der Waals surface area contributed by atoms with E-state index in [1.807, 2.05) is 0 Å². The van der Waals surface area contributed by atoms with Gasteiger partial charge in [-0.3, -0.25) is 4.79 Å². The number of anilines is 1. The highest BCUT2D eigenvalue weighted by Crippen LogP contribution is 2.25. The van der Waals surface area contributed by atoms with Crippen LogP contribution in [0.2, 0.25) is 10.0 Å². The molecular weight excluding hydrogens is 339 g/mol. The molecule has 0 saturated carbocycles. The fourth-order valence-corrected chi connectivity index (χ4v) is 1.86. The summed E-state index contributed by atoms with van der Waals surface area (Å²) in [5, 5.41) is 3.57. The second-order valence-electron chi connectivity index (χ2n) is 3.44. The van der Waals surface area contributed by atoms with Crippen molar-refractivity contribution >= 4 is 50.7 Å². The van der Waals surface area contributed by atoms with Gasteiger partial charge in [-0.15, -0.1) is 0 Å². The zero-order chi connectivity index (χ0) is 13.1. The molecule has 1 aromatic heterocycles. The molecule has 18 heavy (non-hydrogen) atoms. The van der Waals surface area contributed by atoms with Gasteiger partial charge in [0.2, 0.25) is 0 Å². The number of carbonyl (C=O) groups is 1. The summed E-state index contributed by atoms with van der Waals surface area (Å²) in [5.74, 6) is -0.341. The molecule has 0 aliphatic rings. The minimum Gasteiger partial charge on any atom is -0.319 e. The number of benzene rings is 1. The molecule has 0 fully saturated rings. The van der Waals surface area contributed by atoms with Crippen LogP contribution < -0.4 is 5.32 Å². The first-order valence-corrected chi connectivity index (χ1v) is 6.49. The average Bonchev–Trinajstić information content (AvgIpc) is 2.34. The number of hydrogen-bond acceptors (Lipinski definition) is 2. The van der Waals surface area contributed by atoms with E-state index in [2.05, 4.69) is 26.2 Å². The van der Waals surface area contributed by atoms with Crippen molar-refractivity contribution in [2.24, 2.45) is 0 Å². The molecule has 1 aromatic carbocycles. The topological polar surface area (TPSA) is 42.0 Å². The van der Waals surface area contributed by atoms with Crippen LogP contribution in [0.3, 0.4) is 0 Å². The van der Waals surface area contributed by atoms with Gasteiger partial charge in [-0.1, -0.05) is 23.2 Å². The maximum absolute atomic E-state index is 11.9. The summed E-state index contributed by atoms with van der Waals surface area (Å²) in [7, 11) is 0. The van der Waals surface area contributed by atoms with Gasteiger partial charge in [-0.05, 0) is 46.3 Å². The molecule has 0 unspecified atom stereocenters. The molecule has 0 radical (unpaired) electrons. The first-order chi connectivity index (χ1) is 8.56. The molecule has 6 heteroatoms. The van der Waals surface area contributed by atoms with Crippen molar-refractivity contribution in [2.75, 3.05) is 5.32 Å². The van der Waals surface area contributed by atoms with E-state index in [9.17, 15) is 4.79 Å². The first kappa shape index (κ1) is 13.3. The Morgan fingerprint density at radius 1 is 1.22 bits per heavy atom. The van der Waals surface area contributed by atoms with Gasteiger partial charge in [-0.2, -0.15) is 0 Å². The number of pyridine rings is 1. The normalized spacial score (nSPS) is 10.2. The van der Waals surface area contributed by atoms with E-state index in [0.717, 1.165) is 4.47 Å². The molecule has 2 aromatic rings. The van der Waals surface area contributed by atoms with Crippen LogP contribution in [0.1, 0.15) is 10.5 Å². The van der Waals surface area contributed by atoms with E-state index in [0.29, 0.717) is 21.4 Å². The van der Waals surface area contributed by atoms with Crippen LogP contribution in [0, 0.1) is 0 Å². The molecule has 0 saturated heterocycles. The second kappa shape index (κ2) is 5.69. The van der Waals surface area contributed by atoms with E-state index in [4.69, 9.17) is 23.2 Å². The van der Waals surface area contributed by atoms with Gasteiger partial charge in [0.1, 0.15) is 5.69 Å². The Balaban J connectivity index is 2.21. The van der Waals surface area contributed by atoms with Gasteiger partial charge in [0.05, 0.1) is 10.7 Å². The van der Waals surface area contributed by atoms with Crippen LogP contribution >= 0.6 is 39.1 Å². The highest BCUT2D eigenvalue weighted by atomic mass is 79.9. The van der Waals surface area contributed by atoms with Crippen molar-refractivity contribution in [3.63, 3.8) is 0 Å². The van der Waals surface area contributed by atoms with Crippen molar-refractivity contribution in [2.45, 2.75) is 0 Å². The second-order valence-corrected chi connectivity index (χ2v) is 5.20. The molecule has 0 atom stereocenters. The van der Waals surface area contributed by atoms with Gasteiger partial charge in [0.25, 0.3) is 5.91 Å². The maximum Gasteiger partial charge on any atom is 0.274 e. The smallest absolute Gasteiger partial charge is 0.274 e. The molecule has 0 aliphatic carbocycles. The quantitative estimate of drug-likeness (QED) is 0.876. The van der Waals surface area contributed by atoms with E-state index >= 15 is 0 Å². The van der Waals surface area contributed by atoms with Crippen LogP contribution in [0.5, 0.6) is 0 Å². The lowest BCUT2D eigenvalue weighted by molar-refractivity contribution is 0.102. The highest BCUT2D eigenvalue weighted by Gasteiger charge is 2.10. The average molecular weight is 346 g/mol. The van der Waals surface area contributed by atoms with Gasteiger partial charge < -0.3 is 5.32 Å². The predicted octanol–water partition coefficient (Wildman–Crippen LogP) is 4.40. The summed E-state index contributed by atoms with van der Waals surface area (Å²) in [6, 6.07) is 8.20. The number of carbonyl (C=O) groups excluding carboxylic acids is 1. The van der Waals surface area contributed by atoms with Gasteiger partial charge >= 0.3 is 0 Å².